The minimum Gasteiger partial charge on any atom is -0.339 e. The van der Waals surface area contributed by atoms with E-state index in [0.29, 0.717) is 24.7 Å². The molecule has 0 radical (unpaired) electrons. The van der Waals surface area contributed by atoms with Crippen LogP contribution in [0.25, 0.3) is 11.4 Å². The number of nitro groups is 1. The summed E-state index contributed by atoms with van der Waals surface area (Å²) in [5, 5.41) is 18.4. The van der Waals surface area contributed by atoms with E-state index < -0.39 is 4.92 Å². The van der Waals surface area contributed by atoms with Crippen LogP contribution >= 0.6 is 0 Å². The van der Waals surface area contributed by atoms with Gasteiger partial charge in [0.25, 0.3) is 0 Å². The van der Waals surface area contributed by atoms with Crippen LogP contribution in [0, 0.1) is 10.1 Å². The molecule has 0 unspecified atom stereocenters. The number of aryl methyl sites for hydroxylation is 2. The number of nitrogens with zero attached hydrogens (tertiary/aromatic N) is 5. The second-order valence-corrected chi connectivity index (χ2v) is 4.35. The van der Waals surface area contributed by atoms with Gasteiger partial charge in [-0.1, -0.05) is 35.5 Å². The second-order valence-electron chi connectivity index (χ2n) is 4.35. The first-order valence-corrected chi connectivity index (χ1v) is 6.27. The predicted octanol–water partition coefficient (Wildman–Crippen LogP) is 2.08. The van der Waals surface area contributed by atoms with Crippen LogP contribution in [0.2, 0.25) is 0 Å². The Morgan fingerprint density at radius 1 is 1.29 bits per heavy atom. The Morgan fingerprint density at radius 3 is 2.81 bits per heavy atom. The van der Waals surface area contributed by atoms with Crippen molar-refractivity contribution in [1.29, 1.82) is 0 Å². The van der Waals surface area contributed by atoms with Gasteiger partial charge in [0.05, 0.1) is 4.92 Å². The van der Waals surface area contributed by atoms with Gasteiger partial charge < -0.3 is 4.52 Å². The SMILES string of the molecule is O=[N+]([O-])c1cnn(CCc2nc(-c3ccccc3)no2)c1. The molecule has 0 spiro atoms. The van der Waals surface area contributed by atoms with Gasteiger partial charge in [0.15, 0.2) is 0 Å². The van der Waals surface area contributed by atoms with Gasteiger partial charge >= 0.3 is 5.69 Å². The molecule has 0 aliphatic carbocycles. The maximum atomic E-state index is 10.6. The maximum Gasteiger partial charge on any atom is 0.306 e. The van der Waals surface area contributed by atoms with E-state index in [1.54, 1.807) is 0 Å². The second kappa shape index (κ2) is 5.53. The van der Waals surface area contributed by atoms with Gasteiger partial charge in [0, 0.05) is 18.5 Å². The molecule has 8 heteroatoms. The lowest BCUT2D eigenvalue weighted by atomic mass is 10.2. The summed E-state index contributed by atoms with van der Waals surface area (Å²) in [6, 6.07) is 9.49. The smallest absolute Gasteiger partial charge is 0.306 e. The average molecular weight is 285 g/mol. The van der Waals surface area contributed by atoms with E-state index in [9.17, 15) is 10.1 Å². The minimum atomic E-state index is -0.482. The zero-order valence-corrected chi connectivity index (χ0v) is 10.9. The highest BCUT2D eigenvalue weighted by molar-refractivity contribution is 5.53. The van der Waals surface area contributed by atoms with Crippen LogP contribution in [0.4, 0.5) is 5.69 Å². The normalized spacial score (nSPS) is 10.7. The molecular weight excluding hydrogens is 274 g/mol. The molecule has 0 bridgehead atoms. The van der Waals surface area contributed by atoms with Gasteiger partial charge in [-0.3, -0.25) is 14.8 Å². The van der Waals surface area contributed by atoms with E-state index in [0.717, 1.165) is 5.56 Å². The standard InChI is InChI=1S/C13H11N5O3/c19-18(20)11-8-14-17(9-11)7-6-12-15-13(16-21-12)10-4-2-1-3-5-10/h1-5,8-9H,6-7H2. The van der Waals surface area contributed by atoms with Gasteiger partial charge in [-0.25, -0.2) is 0 Å². The molecule has 0 N–H and O–H groups in total. The molecule has 21 heavy (non-hydrogen) atoms. The molecule has 2 heterocycles. The summed E-state index contributed by atoms with van der Waals surface area (Å²) in [4.78, 5) is 14.4. The minimum absolute atomic E-state index is 0.0366. The molecule has 3 rings (SSSR count). The predicted molar refractivity (Wildman–Crippen MR) is 72.3 cm³/mol. The summed E-state index contributed by atoms with van der Waals surface area (Å²) in [6.07, 6.45) is 3.04. The van der Waals surface area contributed by atoms with E-state index in [1.807, 2.05) is 30.3 Å². The Labute approximate surface area is 119 Å². The number of aromatic nitrogens is 4. The van der Waals surface area contributed by atoms with Crippen LogP contribution in [-0.4, -0.2) is 24.8 Å². The van der Waals surface area contributed by atoms with E-state index in [4.69, 9.17) is 4.52 Å². The molecule has 106 valence electrons. The van der Waals surface area contributed by atoms with Crippen LogP contribution in [0.5, 0.6) is 0 Å². The first-order valence-electron chi connectivity index (χ1n) is 6.27. The zero-order chi connectivity index (χ0) is 14.7. The summed E-state index contributed by atoms with van der Waals surface area (Å²) in [6.45, 7) is 0.435. The Morgan fingerprint density at radius 2 is 2.10 bits per heavy atom. The molecule has 0 amide bonds. The van der Waals surface area contributed by atoms with Crippen LogP contribution < -0.4 is 0 Å². The highest BCUT2D eigenvalue weighted by Crippen LogP contribution is 2.15. The third-order valence-corrected chi connectivity index (χ3v) is 2.89. The quantitative estimate of drug-likeness (QED) is 0.525. The lowest BCUT2D eigenvalue weighted by Crippen LogP contribution is -2.01. The van der Waals surface area contributed by atoms with Crippen molar-refractivity contribution in [3.05, 3.63) is 58.7 Å². The van der Waals surface area contributed by atoms with Crippen molar-refractivity contribution in [3.8, 4) is 11.4 Å². The highest BCUT2D eigenvalue weighted by Gasteiger charge is 2.11. The number of hydrogen-bond donors (Lipinski definition) is 0. The molecule has 0 aliphatic rings. The molecule has 2 aromatic heterocycles. The van der Waals surface area contributed by atoms with Crippen LogP contribution in [-0.2, 0) is 13.0 Å². The Bertz CT molecular complexity index is 750. The van der Waals surface area contributed by atoms with E-state index in [-0.39, 0.29) is 5.69 Å². The zero-order valence-electron chi connectivity index (χ0n) is 10.9. The largest absolute Gasteiger partial charge is 0.339 e. The van der Waals surface area contributed by atoms with Gasteiger partial charge in [-0.05, 0) is 0 Å². The van der Waals surface area contributed by atoms with Crippen LogP contribution in [0.15, 0.2) is 47.2 Å². The van der Waals surface area contributed by atoms with Crippen LogP contribution in [0.1, 0.15) is 5.89 Å². The topological polar surface area (TPSA) is 99.9 Å². The fourth-order valence-electron chi connectivity index (χ4n) is 1.84. The lowest BCUT2D eigenvalue weighted by Gasteiger charge is -1.95. The van der Waals surface area contributed by atoms with Crippen molar-refractivity contribution >= 4 is 5.69 Å². The first-order chi connectivity index (χ1) is 10.2. The summed E-state index contributed by atoms with van der Waals surface area (Å²) >= 11 is 0. The van der Waals surface area contributed by atoms with Crippen LogP contribution in [0.3, 0.4) is 0 Å². The molecule has 8 nitrogen and oxygen atoms in total. The summed E-state index contributed by atoms with van der Waals surface area (Å²) in [5.41, 5.74) is 0.840. The van der Waals surface area contributed by atoms with Crippen molar-refractivity contribution in [3.63, 3.8) is 0 Å². The Hall–Kier alpha value is -3.03. The molecule has 1 aromatic carbocycles. The lowest BCUT2D eigenvalue weighted by molar-refractivity contribution is -0.385. The average Bonchev–Trinajstić information content (AvgIpc) is 3.15. The summed E-state index contributed by atoms with van der Waals surface area (Å²) < 4.78 is 6.64. The third-order valence-electron chi connectivity index (χ3n) is 2.89. The maximum absolute atomic E-state index is 10.6. The molecule has 0 aliphatic heterocycles. The molecule has 0 atom stereocenters. The fourth-order valence-corrected chi connectivity index (χ4v) is 1.84. The van der Waals surface area contributed by atoms with Crippen molar-refractivity contribution in [2.45, 2.75) is 13.0 Å². The molecular formula is C13H11N5O3. The first kappa shape index (κ1) is 13.0. The van der Waals surface area contributed by atoms with Gasteiger partial charge in [0.1, 0.15) is 12.4 Å². The number of hydrogen-bond acceptors (Lipinski definition) is 6. The van der Waals surface area contributed by atoms with Crippen molar-refractivity contribution in [2.75, 3.05) is 0 Å². The monoisotopic (exact) mass is 285 g/mol. The summed E-state index contributed by atoms with van der Waals surface area (Å²) in [5.74, 6) is 0.990. The van der Waals surface area contributed by atoms with Gasteiger partial charge in [-0.2, -0.15) is 10.1 Å². The van der Waals surface area contributed by atoms with E-state index in [2.05, 4.69) is 15.2 Å². The van der Waals surface area contributed by atoms with Gasteiger partial charge in [0.2, 0.25) is 11.7 Å². The molecule has 0 saturated carbocycles. The van der Waals surface area contributed by atoms with Crippen molar-refractivity contribution in [2.24, 2.45) is 0 Å². The molecule has 0 fully saturated rings. The van der Waals surface area contributed by atoms with Crippen molar-refractivity contribution in [1.82, 2.24) is 19.9 Å². The van der Waals surface area contributed by atoms with E-state index in [1.165, 1.54) is 17.1 Å². The fraction of sp³-hybridized carbons (Fsp3) is 0.154. The third kappa shape index (κ3) is 2.94. The number of benzene rings is 1. The summed E-state index contributed by atoms with van der Waals surface area (Å²) in [7, 11) is 0. The Balaban J connectivity index is 1.66. The van der Waals surface area contributed by atoms with Crippen molar-refractivity contribution < 1.29 is 9.45 Å². The number of rotatable bonds is 5. The molecule has 0 saturated heterocycles. The Kier molecular flexibility index (Phi) is 3.42. The molecule has 3 aromatic rings. The highest BCUT2D eigenvalue weighted by atomic mass is 16.6. The van der Waals surface area contributed by atoms with Gasteiger partial charge in [-0.15, -0.1) is 0 Å². The van der Waals surface area contributed by atoms with E-state index >= 15 is 0 Å².